The molecule has 0 fully saturated rings. The summed E-state index contributed by atoms with van der Waals surface area (Å²) in [7, 11) is 0. The maximum absolute atomic E-state index is 6.61. The Morgan fingerprint density at radius 3 is 2.71 bits per heavy atom. The molecule has 4 heteroatoms. The molecule has 0 spiro atoms. The summed E-state index contributed by atoms with van der Waals surface area (Å²) >= 11 is 6.61. The Morgan fingerprint density at radius 1 is 1.19 bits per heavy atom. The lowest BCUT2D eigenvalue weighted by molar-refractivity contribution is 0.228. The zero-order valence-electron chi connectivity index (χ0n) is 12.3. The van der Waals surface area contributed by atoms with Crippen molar-refractivity contribution >= 4 is 11.6 Å². The van der Waals surface area contributed by atoms with Crippen molar-refractivity contribution < 1.29 is 13.9 Å². The van der Waals surface area contributed by atoms with Gasteiger partial charge in [0.25, 0.3) is 0 Å². The Morgan fingerprint density at radius 2 is 1.95 bits per heavy atom. The molecule has 3 nitrogen and oxygen atoms in total. The number of rotatable bonds is 3. The van der Waals surface area contributed by atoms with Crippen LogP contribution in [0.5, 0.6) is 11.5 Å². The molecule has 1 aliphatic heterocycles. The molecule has 0 saturated carbocycles. The van der Waals surface area contributed by atoms with Gasteiger partial charge in [0.05, 0.1) is 24.9 Å². The van der Waals surface area contributed by atoms with Crippen molar-refractivity contribution in [1.82, 2.24) is 0 Å². The minimum absolute atomic E-state index is 0.242. The zero-order valence-corrected chi connectivity index (χ0v) is 13.0. The number of fused-ring (bicyclic) bond motifs is 1. The molecule has 0 saturated heterocycles. The molecule has 1 aliphatic rings. The fourth-order valence-electron chi connectivity index (χ4n) is 2.47. The van der Waals surface area contributed by atoms with Gasteiger partial charge in [-0.15, -0.1) is 11.6 Å². The SMILES string of the molecule is CCc1occc1C(Cl)c1ccc2c(c1)OCC(C)CO2. The predicted molar refractivity (Wildman–Crippen MR) is 82.4 cm³/mol. The molecule has 112 valence electrons. The first-order valence-electron chi connectivity index (χ1n) is 7.29. The van der Waals surface area contributed by atoms with Crippen molar-refractivity contribution in [3.05, 3.63) is 47.4 Å². The second kappa shape index (κ2) is 6.02. The number of furan rings is 1. The third kappa shape index (κ3) is 2.88. The second-order valence-corrected chi connectivity index (χ2v) is 5.89. The summed E-state index contributed by atoms with van der Waals surface area (Å²) in [6.45, 7) is 5.51. The van der Waals surface area contributed by atoms with Crippen LogP contribution < -0.4 is 9.47 Å². The van der Waals surface area contributed by atoms with Crippen LogP contribution in [0.15, 0.2) is 34.9 Å². The van der Waals surface area contributed by atoms with Gasteiger partial charge in [0.15, 0.2) is 11.5 Å². The van der Waals surface area contributed by atoms with E-state index in [0.29, 0.717) is 19.1 Å². The fourth-order valence-corrected chi connectivity index (χ4v) is 2.80. The van der Waals surface area contributed by atoms with E-state index in [1.807, 2.05) is 24.3 Å². The van der Waals surface area contributed by atoms with Gasteiger partial charge in [-0.25, -0.2) is 0 Å². The molecular formula is C17H19ClO3. The van der Waals surface area contributed by atoms with Gasteiger partial charge in [0.1, 0.15) is 5.76 Å². The highest BCUT2D eigenvalue weighted by molar-refractivity contribution is 6.22. The number of aryl methyl sites for hydroxylation is 1. The molecule has 0 aliphatic carbocycles. The monoisotopic (exact) mass is 306 g/mol. The van der Waals surface area contributed by atoms with Crippen molar-refractivity contribution in [2.24, 2.45) is 5.92 Å². The molecule has 2 atom stereocenters. The lowest BCUT2D eigenvalue weighted by Crippen LogP contribution is -2.12. The van der Waals surface area contributed by atoms with Crippen molar-refractivity contribution in [2.45, 2.75) is 25.6 Å². The number of benzene rings is 1. The van der Waals surface area contributed by atoms with Gasteiger partial charge in [-0.1, -0.05) is 19.9 Å². The van der Waals surface area contributed by atoms with E-state index < -0.39 is 0 Å². The van der Waals surface area contributed by atoms with Crippen molar-refractivity contribution in [3.8, 4) is 11.5 Å². The van der Waals surface area contributed by atoms with Crippen LogP contribution in [0.3, 0.4) is 0 Å². The van der Waals surface area contributed by atoms with E-state index in [-0.39, 0.29) is 5.38 Å². The van der Waals surface area contributed by atoms with E-state index in [0.717, 1.165) is 34.8 Å². The fraction of sp³-hybridized carbons (Fsp3) is 0.412. The molecule has 1 aromatic heterocycles. The normalized spacial score (nSPS) is 19.1. The highest BCUT2D eigenvalue weighted by Gasteiger charge is 2.20. The van der Waals surface area contributed by atoms with E-state index in [9.17, 15) is 0 Å². The summed E-state index contributed by atoms with van der Waals surface area (Å²) in [5, 5.41) is -0.242. The Bertz CT molecular complexity index is 620. The topological polar surface area (TPSA) is 31.6 Å². The molecule has 2 aromatic rings. The molecule has 3 rings (SSSR count). The minimum Gasteiger partial charge on any atom is -0.489 e. The summed E-state index contributed by atoms with van der Waals surface area (Å²) in [5.41, 5.74) is 2.01. The number of hydrogen-bond acceptors (Lipinski definition) is 3. The van der Waals surface area contributed by atoms with Crippen molar-refractivity contribution in [3.63, 3.8) is 0 Å². The summed E-state index contributed by atoms with van der Waals surface area (Å²) in [6, 6.07) is 7.82. The average molecular weight is 307 g/mol. The molecule has 2 unspecified atom stereocenters. The van der Waals surface area contributed by atoms with E-state index in [1.54, 1.807) is 6.26 Å². The third-order valence-corrected chi connectivity index (χ3v) is 4.17. The maximum Gasteiger partial charge on any atom is 0.161 e. The summed E-state index contributed by atoms with van der Waals surface area (Å²) in [4.78, 5) is 0. The Balaban J connectivity index is 1.90. The first-order chi connectivity index (χ1) is 10.2. The molecule has 0 amide bonds. The maximum atomic E-state index is 6.61. The molecule has 1 aromatic carbocycles. The van der Waals surface area contributed by atoms with Crippen LogP contribution in [-0.4, -0.2) is 13.2 Å². The van der Waals surface area contributed by atoms with Gasteiger partial charge in [0, 0.05) is 17.9 Å². The van der Waals surface area contributed by atoms with E-state index in [4.69, 9.17) is 25.5 Å². The third-order valence-electron chi connectivity index (χ3n) is 3.68. The lowest BCUT2D eigenvalue weighted by Gasteiger charge is -2.13. The van der Waals surface area contributed by atoms with Crippen LogP contribution in [0.2, 0.25) is 0 Å². The van der Waals surface area contributed by atoms with Crippen LogP contribution in [-0.2, 0) is 6.42 Å². The quantitative estimate of drug-likeness (QED) is 0.778. The summed E-state index contributed by atoms with van der Waals surface area (Å²) in [6.07, 6.45) is 2.52. The molecule has 0 bridgehead atoms. The Kier molecular flexibility index (Phi) is 4.11. The predicted octanol–water partition coefficient (Wildman–Crippen LogP) is 4.58. The molecule has 0 radical (unpaired) electrons. The van der Waals surface area contributed by atoms with Crippen molar-refractivity contribution in [1.29, 1.82) is 0 Å². The standard InChI is InChI=1S/C17H19ClO3/c1-3-14-13(6-7-19-14)17(18)12-4-5-15-16(8-12)21-10-11(2)9-20-15/h4-8,11,17H,3,9-10H2,1-2H3. The highest BCUT2D eigenvalue weighted by atomic mass is 35.5. The van der Waals surface area contributed by atoms with Gasteiger partial charge in [-0.3, -0.25) is 0 Å². The summed E-state index contributed by atoms with van der Waals surface area (Å²) in [5.74, 6) is 2.86. The van der Waals surface area contributed by atoms with Gasteiger partial charge in [-0.05, 0) is 23.8 Å². The average Bonchev–Trinajstić information content (AvgIpc) is 2.91. The van der Waals surface area contributed by atoms with Crippen LogP contribution in [0.1, 0.15) is 36.1 Å². The number of halogens is 1. The summed E-state index contributed by atoms with van der Waals surface area (Å²) < 4.78 is 17.0. The first kappa shape index (κ1) is 14.3. The zero-order chi connectivity index (χ0) is 14.8. The number of hydrogen-bond donors (Lipinski definition) is 0. The van der Waals surface area contributed by atoms with Gasteiger partial charge in [0.2, 0.25) is 0 Å². The molecular weight excluding hydrogens is 288 g/mol. The highest BCUT2D eigenvalue weighted by Crippen LogP contribution is 2.38. The number of alkyl halides is 1. The molecule has 21 heavy (non-hydrogen) atoms. The van der Waals surface area contributed by atoms with E-state index in [2.05, 4.69) is 13.8 Å². The van der Waals surface area contributed by atoms with Crippen LogP contribution in [0, 0.1) is 5.92 Å². The van der Waals surface area contributed by atoms with Crippen molar-refractivity contribution in [2.75, 3.05) is 13.2 Å². The van der Waals surface area contributed by atoms with Gasteiger partial charge >= 0.3 is 0 Å². The van der Waals surface area contributed by atoms with Crippen LogP contribution in [0.25, 0.3) is 0 Å². The second-order valence-electron chi connectivity index (χ2n) is 5.45. The largest absolute Gasteiger partial charge is 0.489 e. The Labute approximate surface area is 129 Å². The Hall–Kier alpha value is -1.61. The van der Waals surface area contributed by atoms with E-state index in [1.165, 1.54) is 0 Å². The molecule has 0 N–H and O–H groups in total. The van der Waals surface area contributed by atoms with E-state index >= 15 is 0 Å². The number of ether oxygens (including phenoxy) is 2. The van der Waals surface area contributed by atoms with Gasteiger partial charge < -0.3 is 13.9 Å². The first-order valence-corrected chi connectivity index (χ1v) is 7.72. The van der Waals surface area contributed by atoms with Crippen LogP contribution >= 0.6 is 11.6 Å². The van der Waals surface area contributed by atoms with Gasteiger partial charge in [-0.2, -0.15) is 0 Å². The minimum atomic E-state index is -0.242. The molecule has 2 heterocycles. The lowest BCUT2D eigenvalue weighted by atomic mass is 10.0. The van der Waals surface area contributed by atoms with Crippen LogP contribution in [0.4, 0.5) is 0 Å². The smallest absolute Gasteiger partial charge is 0.161 e.